The van der Waals surface area contributed by atoms with Crippen molar-refractivity contribution in [2.75, 3.05) is 44.7 Å². The topological polar surface area (TPSA) is 39.7 Å². The van der Waals surface area contributed by atoms with Gasteiger partial charge in [0.1, 0.15) is 0 Å². The van der Waals surface area contributed by atoms with Crippen LogP contribution < -0.4 is 4.90 Å². The fraction of sp³-hybridized carbons (Fsp3) is 0.600. The fourth-order valence-electron chi connectivity index (χ4n) is 4.18. The third-order valence-electron chi connectivity index (χ3n) is 5.74. The van der Waals surface area contributed by atoms with E-state index in [0.29, 0.717) is 6.54 Å². The van der Waals surface area contributed by atoms with Crippen molar-refractivity contribution in [1.29, 1.82) is 0 Å². The van der Waals surface area contributed by atoms with E-state index in [4.69, 9.17) is 0 Å². The van der Waals surface area contributed by atoms with Gasteiger partial charge in [-0.2, -0.15) is 0 Å². The van der Waals surface area contributed by atoms with Gasteiger partial charge in [0, 0.05) is 39.3 Å². The summed E-state index contributed by atoms with van der Waals surface area (Å²) < 4.78 is 1.17. The quantitative estimate of drug-likeness (QED) is 0.826. The van der Waals surface area contributed by atoms with Crippen LogP contribution in [-0.4, -0.2) is 66.5 Å². The maximum atomic E-state index is 12.7. The van der Waals surface area contributed by atoms with Gasteiger partial charge in [0.15, 0.2) is 5.13 Å². The Bertz CT molecular complexity index is 714. The highest BCUT2D eigenvalue weighted by Gasteiger charge is 2.27. The lowest BCUT2D eigenvalue weighted by molar-refractivity contribution is -0.131. The van der Waals surface area contributed by atoms with Crippen molar-refractivity contribution < 1.29 is 4.79 Å². The van der Waals surface area contributed by atoms with Gasteiger partial charge < -0.3 is 9.80 Å². The molecule has 0 bridgehead atoms. The number of nitrogens with zero attached hydrogens (tertiary/aromatic N) is 4. The predicted molar refractivity (Wildman–Crippen MR) is 108 cm³/mol. The molecule has 1 aliphatic carbocycles. The first-order valence-corrected chi connectivity index (χ1v) is 10.6. The summed E-state index contributed by atoms with van der Waals surface area (Å²) in [4.78, 5) is 24.0. The minimum atomic E-state index is 0.218. The Hall–Kier alpha value is -1.66. The van der Waals surface area contributed by atoms with E-state index in [1.54, 1.807) is 11.3 Å². The highest BCUT2D eigenvalue weighted by Crippen LogP contribution is 2.28. The van der Waals surface area contributed by atoms with Gasteiger partial charge in [0.2, 0.25) is 5.91 Å². The van der Waals surface area contributed by atoms with Gasteiger partial charge in [-0.25, -0.2) is 4.98 Å². The van der Waals surface area contributed by atoms with Gasteiger partial charge in [-0.1, -0.05) is 42.7 Å². The molecule has 0 N–H and O–H groups in total. The number of benzene rings is 1. The summed E-state index contributed by atoms with van der Waals surface area (Å²) in [5.41, 5.74) is 1.01. The Morgan fingerprint density at radius 1 is 1.15 bits per heavy atom. The lowest BCUT2D eigenvalue weighted by atomic mass is 9.94. The Morgan fingerprint density at radius 2 is 1.88 bits per heavy atom. The molecule has 1 aromatic carbocycles. The molecule has 26 heavy (non-hydrogen) atoms. The number of aromatic nitrogens is 1. The molecule has 0 spiro atoms. The normalized spacial score (nSPS) is 19.8. The summed E-state index contributed by atoms with van der Waals surface area (Å²) >= 11 is 1.65. The lowest BCUT2D eigenvalue weighted by Crippen LogP contribution is -2.53. The van der Waals surface area contributed by atoms with Crippen LogP contribution in [0.25, 0.3) is 10.2 Å². The molecule has 2 aliphatic rings. The lowest BCUT2D eigenvalue weighted by Gasteiger charge is -2.41. The number of carbonyl (C=O) groups excluding carboxylic acids is 1. The minimum Gasteiger partial charge on any atom is -0.342 e. The van der Waals surface area contributed by atoms with Crippen LogP contribution in [0.2, 0.25) is 0 Å². The van der Waals surface area contributed by atoms with Crippen LogP contribution >= 0.6 is 11.3 Å². The second-order valence-electron chi connectivity index (χ2n) is 7.53. The zero-order chi connectivity index (χ0) is 17.9. The molecule has 0 atom stereocenters. The number of carbonyl (C=O) groups is 1. The van der Waals surface area contributed by atoms with Gasteiger partial charge >= 0.3 is 0 Å². The summed E-state index contributed by atoms with van der Waals surface area (Å²) in [6.07, 6.45) is 6.82. The first-order chi connectivity index (χ1) is 12.7. The van der Waals surface area contributed by atoms with Gasteiger partial charge in [-0.3, -0.25) is 9.69 Å². The zero-order valence-electron chi connectivity index (χ0n) is 15.6. The number of piperazine rings is 1. The van der Waals surface area contributed by atoms with Crippen LogP contribution in [0.3, 0.4) is 0 Å². The average Bonchev–Trinajstić information content (AvgIpc) is 3.13. The van der Waals surface area contributed by atoms with Gasteiger partial charge in [-0.15, -0.1) is 0 Å². The van der Waals surface area contributed by atoms with Crippen molar-refractivity contribution in [3.05, 3.63) is 24.3 Å². The second-order valence-corrected chi connectivity index (χ2v) is 8.54. The Labute approximate surface area is 159 Å². The van der Waals surface area contributed by atoms with E-state index in [1.807, 2.05) is 35.0 Å². The third-order valence-corrected chi connectivity index (χ3v) is 6.89. The summed E-state index contributed by atoms with van der Waals surface area (Å²) in [5.74, 6) is 0.218. The number of likely N-dealkylation sites (N-methyl/N-ethyl adjacent to an activating group) is 1. The van der Waals surface area contributed by atoms with E-state index in [0.717, 1.165) is 42.9 Å². The van der Waals surface area contributed by atoms with E-state index in [1.165, 1.54) is 36.8 Å². The van der Waals surface area contributed by atoms with Gasteiger partial charge in [-0.05, 0) is 25.0 Å². The first-order valence-electron chi connectivity index (χ1n) is 9.79. The van der Waals surface area contributed by atoms with E-state index in [-0.39, 0.29) is 5.91 Å². The fourth-order valence-corrected chi connectivity index (χ4v) is 5.10. The van der Waals surface area contributed by atoms with E-state index < -0.39 is 0 Å². The molecule has 1 saturated carbocycles. The average molecular weight is 373 g/mol. The van der Waals surface area contributed by atoms with Crippen molar-refractivity contribution in [1.82, 2.24) is 14.8 Å². The number of fused-ring (bicyclic) bond motifs is 1. The first kappa shape index (κ1) is 17.7. The highest BCUT2D eigenvalue weighted by atomic mass is 32.1. The molecule has 2 aromatic rings. The minimum absolute atomic E-state index is 0.218. The number of amides is 1. The van der Waals surface area contributed by atoms with E-state index in [9.17, 15) is 4.79 Å². The van der Waals surface area contributed by atoms with Crippen molar-refractivity contribution in [3.63, 3.8) is 0 Å². The molecule has 1 aliphatic heterocycles. The largest absolute Gasteiger partial charge is 0.342 e. The molecular weight excluding hydrogens is 344 g/mol. The van der Waals surface area contributed by atoms with Crippen LogP contribution in [0.5, 0.6) is 0 Å². The number of hydrogen-bond donors (Lipinski definition) is 0. The monoisotopic (exact) mass is 372 g/mol. The molecule has 140 valence electrons. The molecule has 2 heterocycles. The molecule has 5 nitrogen and oxygen atoms in total. The van der Waals surface area contributed by atoms with E-state index in [2.05, 4.69) is 16.0 Å². The Morgan fingerprint density at radius 3 is 2.62 bits per heavy atom. The summed E-state index contributed by atoms with van der Waals surface area (Å²) in [7, 11) is 1.97. The molecule has 0 radical (unpaired) electrons. The maximum Gasteiger partial charge on any atom is 0.242 e. The molecule has 2 fully saturated rings. The van der Waals surface area contributed by atoms with Crippen molar-refractivity contribution in [3.8, 4) is 0 Å². The SMILES string of the molecule is CN(CC(=O)N1CCN(C2CCCCC2)CC1)c1nc2ccccc2s1. The van der Waals surface area contributed by atoms with Crippen molar-refractivity contribution in [2.24, 2.45) is 0 Å². The molecule has 4 rings (SSSR count). The van der Waals surface area contributed by atoms with Gasteiger partial charge in [0.05, 0.1) is 16.8 Å². The smallest absolute Gasteiger partial charge is 0.242 e. The van der Waals surface area contributed by atoms with Crippen LogP contribution in [0.1, 0.15) is 32.1 Å². The zero-order valence-corrected chi connectivity index (χ0v) is 16.4. The molecule has 6 heteroatoms. The standard InChI is InChI=1S/C20H28N4OS/c1-22(20-21-17-9-5-6-10-18(17)26-20)15-19(25)24-13-11-23(12-14-24)16-7-3-2-4-8-16/h5-6,9-10,16H,2-4,7-8,11-15H2,1H3. The highest BCUT2D eigenvalue weighted by molar-refractivity contribution is 7.22. The van der Waals surface area contributed by atoms with Crippen LogP contribution in [0.4, 0.5) is 5.13 Å². The molecule has 1 aromatic heterocycles. The van der Waals surface area contributed by atoms with Crippen LogP contribution in [0, 0.1) is 0 Å². The van der Waals surface area contributed by atoms with E-state index >= 15 is 0 Å². The van der Waals surface area contributed by atoms with Crippen molar-refractivity contribution >= 4 is 32.6 Å². The number of hydrogen-bond acceptors (Lipinski definition) is 5. The summed E-state index contributed by atoms with van der Waals surface area (Å²) in [6, 6.07) is 8.89. The maximum absolute atomic E-state index is 12.7. The van der Waals surface area contributed by atoms with Gasteiger partial charge in [0.25, 0.3) is 0 Å². The molecule has 1 amide bonds. The number of para-hydroxylation sites is 1. The van der Waals surface area contributed by atoms with Crippen molar-refractivity contribution in [2.45, 2.75) is 38.1 Å². The Balaban J connectivity index is 1.30. The molecule has 1 saturated heterocycles. The summed E-state index contributed by atoms with van der Waals surface area (Å²) in [6.45, 7) is 4.19. The third kappa shape index (κ3) is 3.86. The van der Waals surface area contributed by atoms with Crippen LogP contribution in [-0.2, 0) is 4.79 Å². The number of rotatable bonds is 4. The second kappa shape index (κ2) is 7.92. The predicted octanol–water partition coefficient (Wildman–Crippen LogP) is 3.21. The Kier molecular flexibility index (Phi) is 5.41. The summed E-state index contributed by atoms with van der Waals surface area (Å²) in [5, 5.41) is 0.917. The molecule has 0 unspecified atom stereocenters. The van der Waals surface area contributed by atoms with Crippen LogP contribution in [0.15, 0.2) is 24.3 Å². The molecular formula is C20H28N4OS. The number of thiazole rings is 1. The number of anilines is 1.